The number of hydrogen-bond donors (Lipinski definition) is 1. The van der Waals surface area contributed by atoms with Crippen LogP contribution in [0.5, 0.6) is 0 Å². The Morgan fingerprint density at radius 2 is 1.88 bits per heavy atom. The molecule has 2 fully saturated rings. The fourth-order valence-corrected chi connectivity index (χ4v) is 5.14. The summed E-state index contributed by atoms with van der Waals surface area (Å²) in [6.45, 7) is -0.0620. The molecule has 0 unspecified atom stereocenters. The van der Waals surface area contributed by atoms with Crippen LogP contribution in [-0.4, -0.2) is 60.4 Å². The number of carboxylic acids is 1. The molecule has 138 valence electrons. The minimum absolute atomic E-state index is 0.0654. The molecule has 0 radical (unpaired) electrons. The zero-order valence-corrected chi connectivity index (χ0v) is 13.7. The average molecular weight is 373 g/mol. The summed E-state index contributed by atoms with van der Waals surface area (Å²) in [5.74, 6) is -6.54. The van der Waals surface area contributed by atoms with Crippen molar-refractivity contribution < 1.29 is 41.0 Å². The Hall–Kier alpha value is -1.36. The SMILES string of the molecule is CCOC(=O)CC1(S(=O)(=O)N2C[C@@H](C(F)(F)F)[C@H](C(=O)O)C2)CC1. The van der Waals surface area contributed by atoms with Gasteiger partial charge in [-0.15, -0.1) is 0 Å². The van der Waals surface area contributed by atoms with Crippen molar-refractivity contribution in [2.45, 2.75) is 37.1 Å². The van der Waals surface area contributed by atoms with E-state index in [-0.39, 0.29) is 19.4 Å². The average Bonchev–Trinajstić information content (AvgIpc) is 3.05. The van der Waals surface area contributed by atoms with Gasteiger partial charge in [0.15, 0.2) is 0 Å². The van der Waals surface area contributed by atoms with Crippen molar-refractivity contribution in [1.82, 2.24) is 4.31 Å². The van der Waals surface area contributed by atoms with Crippen molar-refractivity contribution in [3.63, 3.8) is 0 Å². The molecule has 1 saturated carbocycles. The van der Waals surface area contributed by atoms with Crippen LogP contribution in [0.25, 0.3) is 0 Å². The molecule has 7 nitrogen and oxygen atoms in total. The predicted octanol–water partition coefficient (Wildman–Crippen LogP) is 0.997. The molecule has 24 heavy (non-hydrogen) atoms. The summed E-state index contributed by atoms with van der Waals surface area (Å²) in [4.78, 5) is 22.6. The van der Waals surface area contributed by atoms with Crippen molar-refractivity contribution in [1.29, 1.82) is 0 Å². The molecule has 0 bridgehead atoms. The first-order valence-corrected chi connectivity index (χ1v) is 8.83. The number of aliphatic carboxylic acids is 1. The summed E-state index contributed by atoms with van der Waals surface area (Å²) in [5.41, 5.74) is 0. The number of esters is 1. The zero-order chi connectivity index (χ0) is 18.3. The number of ether oxygens (including phenoxy) is 1. The van der Waals surface area contributed by atoms with E-state index in [1.165, 1.54) is 0 Å². The molecular formula is C13H18F3NO6S. The van der Waals surface area contributed by atoms with Crippen LogP contribution in [0, 0.1) is 11.8 Å². The molecule has 0 spiro atoms. The maximum atomic E-state index is 13.0. The number of hydrogen-bond acceptors (Lipinski definition) is 5. The van der Waals surface area contributed by atoms with E-state index in [1.54, 1.807) is 6.92 Å². The van der Waals surface area contributed by atoms with Gasteiger partial charge in [0.1, 0.15) is 0 Å². The Labute approximate surface area is 136 Å². The molecule has 2 aliphatic rings. The molecule has 1 heterocycles. The van der Waals surface area contributed by atoms with Gasteiger partial charge < -0.3 is 9.84 Å². The summed E-state index contributed by atoms with van der Waals surface area (Å²) < 4.78 is 68.1. The largest absolute Gasteiger partial charge is 0.481 e. The quantitative estimate of drug-likeness (QED) is 0.697. The van der Waals surface area contributed by atoms with Gasteiger partial charge in [-0.3, -0.25) is 9.59 Å². The van der Waals surface area contributed by atoms with E-state index in [0.29, 0.717) is 4.31 Å². The van der Waals surface area contributed by atoms with Gasteiger partial charge in [0.2, 0.25) is 10.0 Å². The van der Waals surface area contributed by atoms with E-state index in [0.717, 1.165) is 0 Å². The minimum Gasteiger partial charge on any atom is -0.481 e. The van der Waals surface area contributed by atoms with E-state index in [2.05, 4.69) is 0 Å². The molecule has 1 aliphatic heterocycles. The number of carboxylic acid groups (broad SMARTS) is 1. The third-order valence-electron chi connectivity index (χ3n) is 4.49. The van der Waals surface area contributed by atoms with Gasteiger partial charge in [0, 0.05) is 13.1 Å². The summed E-state index contributed by atoms with van der Waals surface area (Å²) in [6, 6.07) is 0. The Morgan fingerprint density at radius 3 is 2.25 bits per heavy atom. The van der Waals surface area contributed by atoms with Crippen LogP contribution in [0.1, 0.15) is 26.2 Å². The van der Waals surface area contributed by atoms with Crippen LogP contribution in [0.4, 0.5) is 13.2 Å². The van der Waals surface area contributed by atoms with Crippen molar-refractivity contribution in [3.05, 3.63) is 0 Å². The lowest BCUT2D eigenvalue weighted by Gasteiger charge is -2.23. The molecule has 0 aromatic carbocycles. The van der Waals surface area contributed by atoms with Gasteiger partial charge in [-0.2, -0.15) is 17.5 Å². The fourth-order valence-electron chi connectivity index (χ4n) is 2.96. The van der Waals surface area contributed by atoms with Gasteiger partial charge in [-0.1, -0.05) is 0 Å². The number of sulfonamides is 1. The normalized spacial score (nSPS) is 27.0. The molecule has 0 aromatic heterocycles. The number of halogens is 3. The number of rotatable bonds is 6. The number of carbonyl (C=O) groups is 2. The van der Waals surface area contributed by atoms with Crippen LogP contribution >= 0.6 is 0 Å². The zero-order valence-electron chi connectivity index (χ0n) is 12.9. The number of carbonyl (C=O) groups excluding carboxylic acids is 1. The summed E-state index contributed by atoms with van der Waals surface area (Å²) in [7, 11) is -4.23. The second-order valence-electron chi connectivity index (χ2n) is 6.08. The number of nitrogens with zero attached hydrogens (tertiary/aromatic N) is 1. The Kier molecular flexibility index (Phi) is 4.88. The highest BCUT2D eigenvalue weighted by molar-refractivity contribution is 7.90. The monoisotopic (exact) mass is 373 g/mol. The summed E-state index contributed by atoms with van der Waals surface area (Å²) in [5, 5.41) is 8.97. The predicted molar refractivity (Wildman–Crippen MR) is 74.4 cm³/mol. The second-order valence-corrected chi connectivity index (χ2v) is 8.41. The summed E-state index contributed by atoms with van der Waals surface area (Å²) >= 11 is 0. The van der Waals surface area contributed by atoms with Gasteiger partial charge in [-0.25, -0.2) is 8.42 Å². The van der Waals surface area contributed by atoms with Gasteiger partial charge in [-0.05, 0) is 19.8 Å². The van der Waals surface area contributed by atoms with Gasteiger partial charge in [0.05, 0.1) is 29.6 Å². The molecule has 0 aromatic rings. The standard InChI is InChI=1S/C13H18F3NO6S/c1-2-23-10(18)5-12(3-4-12)24(21,22)17-6-8(11(19)20)9(7-17)13(14,15)16/h8-9H,2-7H2,1H3,(H,19,20)/t8-,9-/m1/s1. The third-order valence-corrected chi connectivity index (χ3v) is 7.12. The fraction of sp³-hybridized carbons (Fsp3) is 0.846. The smallest absolute Gasteiger partial charge is 0.393 e. The molecule has 1 N–H and O–H groups in total. The number of alkyl halides is 3. The first-order valence-electron chi connectivity index (χ1n) is 7.39. The highest BCUT2D eigenvalue weighted by atomic mass is 32.2. The first kappa shape index (κ1) is 19.0. The molecule has 0 amide bonds. The Bertz CT molecular complexity index is 628. The van der Waals surface area contributed by atoms with E-state index in [1.807, 2.05) is 0 Å². The van der Waals surface area contributed by atoms with Gasteiger partial charge >= 0.3 is 18.1 Å². The lowest BCUT2D eigenvalue weighted by atomic mass is 9.96. The molecule has 11 heteroatoms. The van der Waals surface area contributed by atoms with Crippen molar-refractivity contribution >= 4 is 22.0 Å². The Morgan fingerprint density at radius 1 is 1.29 bits per heavy atom. The van der Waals surface area contributed by atoms with Crippen molar-refractivity contribution in [2.75, 3.05) is 19.7 Å². The van der Waals surface area contributed by atoms with Crippen LogP contribution < -0.4 is 0 Å². The summed E-state index contributed by atoms with van der Waals surface area (Å²) in [6.07, 6.45) is -4.97. The van der Waals surface area contributed by atoms with E-state index < -0.39 is 64.2 Å². The van der Waals surface area contributed by atoms with Crippen LogP contribution in [0.2, 0.25) is 0 Å². The van der Waals surface area contributed by atoms with E-state index >= 15 is 0 Å². The highest BCUT2D eigenvalue weighted by Gasteiger charge is 2.62. The third kappa shape index (κ3) is 3.37. The molecule has 1 saturated heterocycles. The molecule has 1 aliphatic carbocycles. The molecule has 2 atom stereocenters. The van der Waals surface area contributed by atoms with E-state index in [4.69, 9.17) is 9.84 Å². The topological polar surface area (TPSA) is 101 Å². The molecular weight excluding hydrogens is 355 g/mol. The molecule has 2 rings (SSSR count). The second kappa shape index (κ2) is 6.17. The van der Waals surface area contributed by atoms with Crippen LogP contribution in [-0.2, 0) is 24.3 Å². The highest BCUT2D eigenvalue weighted by Crippen LogP contribution is 2.50. The Balaban J connectivity index is 2.21. The minimum atomic E-state index is -4.81. The maximum Gasteiger partial charge on any atom is 0.393 e. The lowest BCUT2D eigenvalue weighted by molar-refractivity contribution is -0.187. The van der Waals surface area contributed by atoms with Crippen LogP contribution in [0.3, 0.4) is 0 Å². The van der Waals surface area contributed by atoms with Crippen molar-refractivity contribution in [2.24, 2.45) is 11.8 Å². The van der Waals surface area contributed by atoms with E-state index in [9.17, 15) is 31.2 Å². The lowest BCUT2D eigenvalue weighted by Crippen LogP contribution is -2.41. The first-order chi connectivity index (χ1) is 10.9. The van der Waals surface area contributed by atoms with Crippen LogP contribution in [0.15, 0.2) is 0 Å². The van der Waals surface area contributed by atoms with Gasteiger partial charge in [0.25, 0.3) is 0 Å². The maximum absolute atomic E-state index is 13.0. The van der Waals surface area contributed by atoms with Crippen molar-refractivity contribution in [3.8, 4) is 0 Å².